The molecule has 3 N–H and O–H groups in total. The third-order valence-corrected chi connectivity index (χ3v) is 2.16. The van der Waals surface area contributed by atoms with Gasteiger partial charge in [-0.25, -0.2) is 4.79 Å². The lowest BCUT2D eigenvalue weighted by molar-refractivity contribution is 0.0507. The number of alkyl carbamates (subject to hydrolysis) is 1. The number of nitrogens with one attached hydrogen (secondary N) is 2. The number of aliphatic hydroxyl groups excluding tert-OH is 1. The van der Waals surface area contributed by atoms with Crippen LogP contribution in [0.5, 0.6) is 0 Å². The van der Waals surface area contributed by atoms with Crippen molar-refractivity contribution >= 4 is 6.09 Å². The summed E-state index contributed by atoms with van der Waals surface area (Å²) in [6.45, 7) is 6.28. The van der Waals surface area contributed by atoms with Crippen molar-refractivity contribution in [2.45, 2.75) is 44.9 Å². The Morgan fingerprint density at radius 1 is 1.60 bits per heavy atom. The van der Waals surface area contributed by atoms with E-state index in [2.05, 4.69) is 10.6 Å². The highest BCUT2D eigenvalue weighted by atomic mass is 16.6. The molecule has 1 saturated heterocycles. The monoisotopic (exact) mass is 216 g/mol. The van der Waals surface area contributed by atoms with E-state index in [1.54, 1.807) is 0 Å². The summed E-state index contributed by atoms with van der Waals surface area (Å²) in [7, 11) is 0. The fourth-order valence-electron chi connectivity index (χ4n) is 1.54. The van der Waals surface area contributed by atoms with Gasteiger partial charge in [-0.05, 0) is 27.2 Å². The first-order chi connectivity index (χ1) is 6.90. The second-order valence-electron chi connectivity index (χ2n) is 4.87. The van der Waals surface area contributed by atoms with Crippen molar-refractivity contribution in [3.05, 3.63) is 0 Å². The molecule has 0 unspecified atom stereocenters. The van der Waals surface area contributed by atoms with Crippen LogP contribution < -0.4 is 10.6 Å². The molecule has 1 fully saturated rings. The van der Waals surface area contributed by atoms with Gasteiger partial charge in [0.25, 0.3) is 0 Å². The summed E-state index contributed by atoms with van der Waals surface area (Å²) in [5, 5.41) is 14.8. The van der Waals surface area contributed by atoms with Crippen LogP contribution in [0.1, 0.15) is 27.2 Å². The van der Waals surface area contributed by atoms with Gasteiger partial charge in [0.1, 0.15) is 5.60 Å². The van der Waals surface area contributed by atoms with E-state index in [0.717, 1.165) is 6.42 Å². The molecule has 1 aliphatic heterocycles. The molecule has 1 rings (SSSR count). The molecule has 0 aromatic heterocycles. The molecule has 15 heavy (non-hydrogen) atoms. The van der Waals surface area contributed by atoms with Crippen molar-refractivity contribution < 1.29 is 14.6 Å². The minimum atomic E-state index is -0.466. The Labute approximate surface area is 90.2 Å². The summed E-state index contributed by atoms with van der Waals surface area (Å²) in [6.07, 6.45) is 0.350. The third kappa shape index (κ3) is 4.48. The number of carbonyl (C=O) groups is 1. The summed E-state index contributed by atoms with van der Waals surface area (Å²) in [5.41, 5.74) is -0.466. The standard InChI is InChI=1S/C10H20N2O3/c1-10(2,3)15-9(14)12-7-4-8(6-13)11-5-7/h7-8,11,13H,4-6H2,1-3H3,(H,12,14)/t7-,8+/m0/s1. The topological polar surface area (TPSA) is 70.6 Å². The van der Waals surface area contributed by atoms with E-state index in [4.69, 9.17) is 9.84 Å². The zero-order valence-electron chi connectivity index (χ0n) is 9.54. The average Bonchev–Trinajstić information content (AvgIpc) is 2.48. The molecule has 0 aliphatic carbocycles. The molecule has 0 radical (unpaired) electrons. The minimum Gasteiger partial charge on any atom is -0.444 e. The summed E-state index contributed by atoms with van der Waals surface area (Å²) < 4.78 is 5.13. The number of carbonyl (C=O) groups excluding carboxylic acids is 1. The van der Waals surface area contributed by atoms with E-state index in [1.165, 1.54) is 0 Å². The molecule has 1 heterocycles. The lowest BCUT2D eigenvalue weighted by Gasteiger charge is -2.21. The molecule has 2 atom stereocenters. The molecule has 1 aliphatic rings. The van der Waals surface area contributed by atoms with Crippen LogP contribution in [0.3, 0.4) is 0 Å². The van der Waals surface area contributed by atoms with Crippen molar-refractivity contribution in [1.82, 2.24) is 10.6 Å². The molecular weight excluding hydrogens is 196 g/mol. The lowest BCUT2D eigenvalue weighted by atomic mass is 10.2. The molecule has 0 spiro atoms. The second-order valence-corrected chi connectivity index (χ2v) is 4.87. The Morgan fingerprint density at radius 3 is 2.73 bits per heavy atom. The van der Waals surface area contributed by atoms with Gasteiger partial charge in [-0.2, -0.15) is 0 Å². The zero-order chi connectivity index (χ0) is 11.5. The highest BCUT2D eigenvalue weighted by molar-refractivity contribution is 5.68. The van der Waals surface area contributed by atoms with Crippen LogP contribution in [0.4, 0.5) is 4.79 Å². The largest absolute Gasteiger partial charge is 0.444 e. The van der Waals surface area contributed by atoms with E-state index in [1.807, 2.05) is 20.8 Å². The second kappa shape index (κ2) is 4.81. The Morgan fingerprint density at radius 2 is 2.27 bits per heavy atom. The van der Waals surface area contributed by atoms with Crippen LogP contribution in [0.25, 0.3) is 0 Å². The first kappa shape index (κ1) is 12.3. The molecule has 0 aromatic carbocycles. The molecule has 0 aromatic rings. The van der Waals surface area contributed by atoms with Gasteiger partial charge in [0.05, 0.1) is 6.61 Å². The maximum Gasteiger partial charge on any atom is 0.407 e. The molecule has 1 amide bonds. The minimum absolute atomic E-state index is 0.0528. The Hall–Kier alpha value is -0.810. The predicted molar refractivity (Wildman–Crippen MR) is 56.7 cm³/mol. The van der Waals surface area contributed by atoms with Crippen LogP contribution in [-0.4, -0.2) is 42.0 Å². The smallest absolute Gasteiger partial charge is 0.407 e. The Balaban J connectivity index is 2.28. The number of hydrogen-bond acceptors (Lipinski definition) is 4. The molecule has 88 valence electrons. The Bertz CT molecular complexity index is 225. The van der Waals surface area contributed by atoms with Gasteiger partial charge in [-0.1, -0.05) is 0 Å². The first-order valence-corrected chi connectivity index (χ1v) is 5.24. The van der Waals surface area contributed by atoms with E-state index in [9.17, 15) is 4.79 Å². The van der Waals surface area contributed by atoms with Crippen molar-refractivity contribution in [2.75, 3.05) is 13.2 Å². The maximum atomic E-state index is 11.4. The van der Waals surface area contributed by atoms with Gasteiger partial charge in [-0.3, -0.25) is 0 Å². The fourth-order valence-corrected chi connectivity index (χ4v) is 1.54. The number of aliphatic hydroxyl groups is 1. The van der Waals surface area contributed by atoms with E-state index < -0.39 is 11.7 Å². The van der Waals surface area contributed by atoms with Crippen molar-refractivity contribution in [2.24, 2.45) is 0 Å². The highest BCUT2D eigenvalue weighted by Crippen LogP contribution is 2.09. The van der Waals surface area contributed by atoms with Crippen LogP contribution in [0.2, 0.25) is 0 Å². The normalized spacial score (nSPS) is 26.4. The van der Waals surface area contributed by atoms with Crippen LogP contribution in [-0.2, 0) is 4.74 Å². The molecule has 0 bridgehead atoms. The van der Waals surface area contributed by atoms with Gasteiger partial charge in [0.2, 0.25) is 0 Å². The number of rotatable bonds is 2. The van der Waals surface area contributed by atoms with Crippen molar-refractivity contribution in [3.8, 4) is 0 Å². The van der Waals surface area contributed by atoms with Crippen molar-refractivity contribution in [3.63, 3.8) is 0 Å². The SMILES string of the molecule is CC(C)(C)OC(=O)N[C@@H]1CN[C@@H](CO)C1. The first-order valence-electron chi connectivity index (χ1n) is 5.24. The summed E-state index contributed by atoms with van der Waals surface area (Å²) in [6, 6.07) is 0.141. The van der Waals surface area contributed by atoms with Gasteiger partial charge in [-0.15, -0.1) is 0 Å². The predicted octanol–water partition coefficient (Wildman–Crippen LogP) is 0.234. The number of amides is 1. The highest BCUT2D eigenvalue weighted by Gasteiger charge is 2.26. The zero-order valence-corrected chi connectivity index (χ0v) is 9.54. The van der Waals surface area contributed by atoms with Crippen LogP contribution >= 0.6 is 0 Å². The summed E-state index contributed by atoms with van der Waals surface area (Å²) in [4.78, 5) is 11.4. The average molecular weight is 216 g/mol. The quantitative estimate of drug-likeness (QED) is 0.618. The summed E-state index contributed by atoms with van der Waals surface area (Å²) in [5.74, 6) is 0. The van der Waals surface area contributed by atoms with Crippen LogP contribution in [0, 0.1) is 0 Å². The van der Waals surface area contributed by atoms with Crippen LogP contribution in [0.15, 0.2) is 0 Å². The molecule has 5 heteroatoms. The van der Waals surface area contributed by atoms with Gasteiger partial charge in [0, 0.05) is 18.6 Å². The summed E-state index contributed by atoms with van der Waals surface area (Å²) >= 11 is 0. The van der Waals surface area contributed by atoms with Gasteiger partial charge >= 0.3 is 6.09 Å². The molecule has 0 saturated carbocycles. The molecule has 5 nitrogen and oxygen atoms in total. The van der Waals surface area contributed by atoms with E-state index >= 15 is 0 Å². The number of hydrogen-bond donors (Lipinski definition) is 3. The van der Waals surface area contributed by atoms with Gasteiger partial charge < -0.3 is 20.5 Å². The van der Waals surface area contributed by atoms with E-state index in [-0.39, 0.29) is 18.7 Å². The van der Waals surface area contributed by atoms with Gasteiger partial charge in [0.15, 0.2) is 0 Å². The third-order valence-electron chi connectivity index (χ3n) is 2.16. The van der Waals surface area contributed by atoms with E-state index in [0.29, 0.717) is 6.54 Å². The fraction of sp³-hybridized carbons (Fsp3) is 0.900. The maximum absolute atomic E-state index is 11.4. The number of ether oxygens (including phenoxy) is 1. The Kier molecular flexibility index (Phi) is 3.93. The molecular formula is C10H20N2O3. The van der Waals surface area contributed by atoms with Crippen molar-refractivity contribution in [1.29, 1.82) is 0 Å². The lowest BCUT2D eigenvalue weighted by Crippen LogP contribution is -2.40.